The third kappa shape index (κ3) is 3.65. The quantitative estimate of drug-likeness (QED) is 0.866. The van der Waals surface area contributed by atoms with Crippen molar-refractivity contribution in [2.24, 2.45) is 0 Å². The Kier molecular flexibility index (Phi) is 4.73. The second kappa shape index (κ2) is 6.92. The van der Waals surface area contributed by atoms with Crippen LogP contribution in [0, 0.1) is 13.8 Å². The summed E-state index contributed by atoms with van der Waals surface area (Å²) in [5.74, 6) is 0. The van der Waals surface area contributed by atoms with Crippen LogP contribution in [0.3, 0.4) is 0 Å². The highest BCUT2D eigenvalue weighted by Gasteiger charge is 2.15. The van der Waals surface area contributed by atoms with Gasteiger partial charge < -0.3 is 4.90 Å². The van der Waals surface area contributed by atoms with Gasteiger partial charge in [0, 0.05) is 55.6 Å². The van der Waals surface area contributed by atoms with Gasteiger partial charge in [0.05, 0.1) is 6.54 Å². The first-order valence-electron chi connectivity index (χ1n) is 8.11. The van der Waals surface area contributed by atoms with E-state index in [0.29, 0.717) is 0 Å². The lowest BCUT2D eigenvalue weighted by Crippen LogP contribution is -2.33. The molecule has 2 aromatic heterocycles. The highest BCUT2D eigenvalue weighted by molar-refractivity contribution is 5.46. The number of hydrogen-bond donors (Lipinski definition) is 0. The normalized spacial score (nSPS) is 16.7. The van der Waals surface area contributed by atoms with Crippen molar-refractivity contribution in [3.05, 3.63) is 42.0 Å². The second-order valence-corrected chi connectivity index (χ2v) is 6.03. The predicted octanol–water partition coefficient (Wildman–Crippen LogP) is 2.11. The van der Waals surface area contributed by atoms with Crippen molar-refractivity contribution in [2.45, 2.75) is 26.8 Å². The third-order valence-electron chi connectivity index (χ3n) is 4.39. The molecule has 2 aromatic rings. The van der Waals surface area contributed by atoms with E-state index in [0.717, 1.165) is 38.4 Å². The van der Waals surface area contributed by atoms with Crippen molar-refractivity contribution >= 4 is 5.69 Å². The van der Waals surface area contributed by atoms with E-state index in [4.69, 9.17) is 0 Å². The minimum atomic E-state index is 0.979. The molecule has 22 heavy (non-hydrogen) atoms. The number of pyridine rings is 1. The number of aromatic nitrogens is 3. The minimum Gasteiger partial charge on any atom is -0.370 e. The number of aryl methyl sites for hydroxylation is 2. The van der Waals surface area contributed by atoms with Gasteiger partial charge in [-0.15, -0.1) is 0 Å². The average molecular weight is 299 g/mol. The first kappa shape index (κ1) is 15.0. The standard InChI is InChI=1S/C17H25N5/c1-15-14-17(5-6-18-15)21-9-3-8-20(10-12-21)11-13-22-16(2)4-7-19-22/h4-7,14H,3,8-13H2,1-2H3. The smallest absolute Gasteiger partial charge is 0.0539 e. The van der Waals surface area contributed by atoms with Crippen LogP contribution in [0.2, 0.25) is 0 Å². The zero-order chi connectivity index (χ0) is 15.4. The predicted molar refractivity (Wildman–Crippen MR) is 89.2 cm³/mol. The molecule has 0 saturated carbocycles. The van der Waals surface area contributed by atoms with Gasteiger partial charge in [0.1, 0.15) is 0 Å². The summed E-state index contributed by atoms with van der Waals surface area (Å²) in [4.78, 5) is 9.32. The molecule has 0 atom stereocenters. The largest absolute Gasteiger partial charge is 0.370 e. The number of rotatable bonds is 4. The molecule has 0 aliphatic carbocycles. The molecule has 0 radical (unpaired) electrons. The summed E-state index contributed by atoms with van der Waals surface area (Å²) >= 11 is 0. The molecule has 118 valence electrons. The summed E-state index contributed by atoms with van der Waals surface area (Å²) in [6.45, 7) is 10.7. The molecular formula is C17H25N5. The fraction of sp³-hybridized carbons (Fsp3) is 0.529. The molecule has 3 heterocycles. The molecule has 1 fully saturated rings. The van der Waals surface area contributed by atoms with Crippen molar-refractivity contribution in [2.75, 3.05) is 37.6 Å². The van der Waals surface area contributed by atoms with E-state index in [9.17, 15) is 0 Å². The summed E-state index contributed by atoms with van der Waals surface area (Å²) in [7, 11) is 0. The van der Waals surface area contributed by atoms with Crippen molar-refractivity contribution < 1.29 is 0 Å². The van der Waals surface area contributed by atoms with Crippen LogP contribution in [-0.2, 0) is 6.54 Å². The van der Waals surface area contributed by atoms with Crippen LogP contribution in [0.5, 0.6) is 0 Å². The summed E-state index contributed by atoms with van der Waals surface area (Å²) in [5.41, 5.74) is 3.63. The van der Waals surface area contributed by atoms with Crippen molar-refractivity contribution in [3.63, 3.8) is 0 Å². The Balaban J connectivity index is 1.55. The van der Waals surface area contributed by atoms with Crippen LogP contribution in [-0.4, -0.2) is 52.4 Å². The Morgan fingerprint density at radius 3 is 2.68 bits per heavy atom. The average Bonchev–Trinajstić information content (AvgIpc) is 2.78. The van der Waals surface area contributed by atoms with Gasteiger partial charge in [-0.3, -0.25) is 14.6 Å². The fourth-order valence-electron chi connectivity index (χ4n) is 3.05. The molecule has 1 aliphatic heterocycles. The van der Waals surface area contributed by atoms with Crippen LogP contribution in [0.15, 0.2) is 30.6 Å². The number of nitrogens with zero attached hydrogens (tertiary/aromatic N) is 5. The van der Waals surface area contributed by atoms with Crippen LogP contribution < -0.4 is 4.90 Å². The van der Waals surface area contributed by atoms with E-state index >= 15 is 0 Å². The Bertz CT molecular complexity index is 607. The van der Waals surface area contributed by atoms with Crippen LogP contribution in [0.4, 0.5) is 5.69 Å². The number of hydrogen-bond acceptors (Lipinski definition) is 4. The molecule has 0 unspecified atom stereocenters. The van der Waals surface area contributed by atoms with Crippen LogP contribution >= 0.6 is 0 Å². The SMILES string of the molecule is Cc1cc(N2CCCN(CCn3nccc3C)CC2)ccn1. The molecule has 0 bridgehead atoms. The minimum absolute atomic E-state index is 0.979. The molecule has 1 saturated heterocycles. The van der Waals surface area contributed by atoms with Gasteiger partial charge in [-0.1, -0.05) is 0 Å². The van der Waals surface area contributed by atoms with Gasteiger partial charge in [-0.25, -0.2) is 0 Å². The highest BCUT2D eigenvalue weighted by Crippen LogP contribution is 2.16. The Morgan fingerprint density at radius 1 is 1.00 bits per heavy atom. The summed E-state index contributed by atoms with van der Waals surface area (Å²) in [5, 5.41) is 4.37. The second-order valence-electron chi connectivity index (χ2n) is 6.03. The molecular weight excluding hydrogens is 274 g/mol. The molecule has 3 rings (SSSR count). The Hall–Kier alpha value is -1.88. The lowest BCUT2D eigenvalue weighted by molar-refractivity contribution is 0.275. The third-order valence-corrected chi connectivity index (χ3v) is 4.39. The molecule has 5 heteroatoms. The van der Waals surface area contributed by atoms with Gasteiger partial charge >= 0.3 is 0 Å². The molecule has 1 aliphatic rings. The first-order valence-corrected chi connectivity index (χ1v) is 8.11. The Labute approximate surface area is 132 Å². The van der Waals surface area contributed by atoms with E-state index in [1.807, 2.05) is 12.4 Å². The molecule has 5 nitrogen and oxygen atoms in total. The van der Waals surface area contributed by atoms with Crippen molar-refractivity contribution in [3.8, 4) is 0 Å². The summed E-state index contributed by atoms with van der Waals surface area (Å²) < 4.78 is 2.09. The van der Waals surface area contributed by atoms with E-state index in [1.165, 1.54) is 24.3 Å². The highest BCUT2D eigenvalue weighted by atomic mass is 15.3. The molecule has 0 aromatic carbocycles. The molecule has 0 amide bonds. The van der Waals surface area contributed by atoms with Gasteiger partial charge in [0.2, 0.25) is 0 Å². The van der Waals surface area contributed by atoms with E-state index in [1.54, 1.807) is 0 Å². The van der Waals surface area contributed by atoms with E-state index in [2.05, 4.69) is 56.6 Å². The number of anilines is 1. The van der Waals surface area contributed by atoms with Gasteiger partial charge in [0.25, 0.3) is 0 Å². The van der Waals surface area contributed by atoms with E-state index < -0.39 is 0 Å². The summed E-state index contributed by atoms with van der Waals surface area (Å²) in [6.07, 6.45) is 5.00. The molecule has 0 N–H and O–H groups in total. The lowest BCUT2D eigenvalue weighted by atomic mass is 10.3. The maximum absolute atomic E-state index is 4.37. The topological polar surface area (TPSA) is 37.2 Å². The first-order chi connectivity index (χ1) is 10.7. The van der Waals surface area contributed by atoms with Gasteiger partial charge in [-0.2, -0.15) is 5.10 Å². The maximum atomic E-state index is 4.37. The maximum Gasteiger partial charge on any atom is 0.0539 e. The Morgan fingerprint density at radius 2 is 1.91 bits per heavy atom. The van der Waals surface area contributed by atoms with Crippen molar-refractivity contribution in [1.82, 2.24) is 19.7 Å². The van der Waals surface area contributed by atoms with E-state index in [-0.39, 0.29) is 0 Å². The van der Waals surface area contributed by atoms with Crippen LogP contribution in [0.1, 0.15) is 17.8 Å². The lowest BCUT2D eigenvalue weighted by Gasteiger charge is -2.24. The zero-order valence-corrected chi connectivity index (χ0v) is 13.6. The molecule has 0 spiro atoms. The summed E-state index contributed by atoms with van der Waals surface area (Å²) in [6, 6.07) is 6.37. The fourth-order valence-corrected chi connectivity index (χ4v) is 3.05. The zero-order valence-electron chi connectivity index (χ0n) is 13.6. The van der Waals surface area contributed by atoms with Crippen LogP contribution in [0.25, 0.3) is 0 Å². The monoisotopic (exact) mass is 299 g/mol. The van der Waals surface area contributed by atoms with Gasteiger partial charge in [-0.05, 0) is 45.0 Å². The van der Waals surface area contributed by atoms with Gasteiger partial charge in [0.15, 0.2) is 0 Å². The van der Waals surface area contributed by atoms with Crippen molar-refractivity contribution in [1.29, 1.82) is 0 Å².